The Bertz CT molecular complexity index is 803. The lowest BCUT2D eigenvalue weighted by molar-refractivity contribution is -0.170. The largest absolute Gasteiger partial charge is 0.350 e. The van der Waals surface area contributed by atoms with Gasteiger partial charge in [-0.05, 0) is 67.4 Å². The summed E-state index contributed by atoms with van der Waals surface area (Å²) < 4.78 is 2.01. The van der Waals surface area contributed by atoms with Gasteiger partial charge in [-0.2, -0.15) is 0 Å². The molecule has 0 unspecified atom stereocenters. The van der Waals surface area contributed by atoms with Crippen LogP contribution in [0, 0.1) is 22.2 Å². The van der Waals surface area contributed by atoms with Gasteiger partial charge in [-0.25, -0.2) is 4.98 Å². The van der Waals surface area contributed by atoms with Crippen molar-refractivity contribution >= 4 is 11.6 Å². The quantitative estimate of drug-likeness (QED) is 0.922. The van der Waals surface area contributed by atoms with E-state index in [9.17, 15) is 4.79 Å². The van der Waals surface area contributed by atoms with Crippen LogP contribution >= 0.6 is 0 Å². The summed E-state index contributed by atoms with van der Waals surface area (Å²) in [6.07, 6.45) is 11.2. The molecule has 25 heavy (non-hydrogen) atoms. The van der Waals surface area contributed by atoms with Crippen LogP contribution in [0.15, 0.2) is 30.6 Å². The van der Waals surface area contributed by atoms with Crippen molar-refractivity contribution in [3.8, 4) is 0 Å². The number of carbonyl (C=O) groups is 1. The summed E-state index contributed by atoms with van der Waals surface area (Å²) >= 11 is 0. The molecule has 4 fully saturated rings. The molecule has 2 heterocycles. The van der Waals surface area contributed by atoms with E-state index in [2.05, 4.69) is 24.1 Å². The molecule has 0 spiro atoms. The SMILES string of the molecule is C[C@]12CC3CC(C(=O)NCc4cn5ccccc5n4)(C1)C[C@](C)(C3)C2. The minimum absolute atomic E-state index is 0.137. The predicted molar refractivity (Wildman–Crippen MR) is 96.9 cm³/mol. The van der Waals surface area contributed by atoms with Crippen molar-refractivity contribution in [1.82, 2.24) is 14.7 Å². The van der Waals surface area contributed by atoms with E-state index >= 15 is 0 Å². The number of hydrogen-bond donors (Lipinski definition) is 1. The second-order valence-corrected chi connectivity index (χ2v) is 9.79. The number of amides is 1. The van der Waals surface area contributed by atoms with Gasteiger partial charge in [0.25, 0.3) is 0 Å². The molecule has 4 heteroatoms. The molecule has 1 N–H and O–H groups in total. The summed E-state index contributed by atoms with van der Waals surface area (Å²) in [6.45, 7) is 5.36. The molecule has 0 aliphatic heterocycles. The van der Waals surface area contributed by atoms with Crippen LogP contribution in [0.4, 0.5) is 0 Å². The molecule has 1 amide bonds. The number of rotatable bonds is 3. The van der Waals surface area contributed by atoms with Crippen molar-refractivity contribution in [1.29, 1.82) is 0 Å². The average molecular weight is 337 g/mol. The first-order chi connectivity index (χ1) is 11.9. The van der Waals surface area contributed by atoms with Gasteiger partial charge in [0.1, 0.15) is 5.65 Å². The van der Waals surface area contributed by atoms with Crippen molar-refractivity contribution in [2.45, 2.75) is 58.9 Å². The van der Waals surface area contributed by atoms with Crippen LogP contribution in [-0.4, -0.2) is 15.3 Å². The van der Waals surface area contributed by atoms with E-state index in [-0.39, 0.29) is 11.3 Å². The number of pyridine rings is 1. The van der Waals surface area contributed by atoms with Crippen molar-refractivity contribution < 1.29 is 4.79 Å². The molecule has 2 atom stereocenters. The smallest absolute Gasteiger partial charge is 0.226 e. The number of carbonyl (C=O) groups excluding carboxylic acids is 1. The van der Waals surface area contributed by atoms with E-state index in [1.54, 1.807) is 0 Å². The first-order valence-electron chi connectivity index (χ1n) is 9.58. The van der Waals surface area contributed by atoms with Crippen LogP contribution in [0.1, 0.15) is 58.1 Å². The van der Waals surface area contributed by atoms with Crippen LogP contribution < -0.4 is 5.32 Å². The molecule has 4 nitrogen and oxygen atoms in total. The number of nitrogens with zero attached hydrogens (tertiary/aromatic N) is 2. The fraction of sp³-hybridized carbons (Fsp3) is 0.619. The van der Waals surface area contributed by atoms with E-state index in [4.69, 9.17) is 0 Å². The number of imidazole rings is 1. The van der Waals surface area contributed by atoms with Crippen LogP contribution in [0.5, 0.6) is 0 Å². The van der Waals surface area contributed by atoms with Crippen LogP contribution in [-0.2, 0) is 11.3 Å². The van der Waals surface area contributed by atoms with Crippen molar-refractivity contribution in [3.05, 3.63) is 36.3 Å². The van der Waals surface area contributed by atoms with Crippen molar-refractivity contribution in [3.63, 3.8) is 0 Å². The summed E-state index contributed by atoms with van der Waals surface area (Å²) in [5.41, 5.74) is 2.47. The minimum atomic E-state index is -0.137. The zero-order valence-corrected chi connectivity index (χ0v) is 15.2. The average Bonchev–Trinajstić information content (AvgIpc) is 2.91. The third kappa shape index (κ3) is 2.41. The van der Waals surface area contributed by atoms with E-state index in [0.29, 0.717) is 17.4 Å². The summed E-state index contributed by atoms with van der Waals surface area (Å²) in [5.74, 6) is 1.01. The van der Waals surface area contributed by atoms with Crippen molar-refractivity contribution in [2.75, 3.05) is 0 Å². The molecule has 132 valence electrons. The number of aromatic nitrogens is 2. The summed E-state index contributed by atoms with van der Waals surface area (Å²) in [5, 5.41) is 3.24. The fourth-order valence-electron chi connectivity index (χ4n) is 7.13. The third-order valence-electron chi connectivity index (χ3n) is 6.95. The Morgan fingerprint density at radius 2 is 1.96 bits per heavy atom. The maximum Gasteiger partial charge on any atom is 0.226 e. The highest BCUT2D eigenvalue weighted by Gasteiger charge is 2.62. The summed E-state index contributed by atoms with van der Waals surface area (Å²) in [6, 6.07) is 5.97. The Hall–Kier alpha value is -1.84. The van der Waals surface area contributed by atoms with Gasteiger partial charge in [-0.15, -0.1) is 0 Å². The maximum absolute atomic E-state index is 13.2. The lowest BCUT2D eigenvalue weighted by atomic mass is 9.40. The van der Waals surface area contributed by atoms with Crippen LogP contribution in [0.25, 0.3) is 5.65 Å². The molecule has 4 saturated carbocycles. The normalized spacial score (nSPS) is 39.0. The molecule has 4 bridgehead atoms. The Labute approximate surface area is 149 Å². The Kier molecular flexibility index (Phi) is 3.00. The van der Waals surface area contributed by atoms with E-state index in [0.717, 1.165) is 36.5 Å². The molecule has 4 aliphatic rings. The van der Waals surface area contributed by atoms with E-state index in [1.165, 1.54) is 19.3 Å². The van der Waals surface area contributed by atoms with Crippen molar-refractivity contribution in [2.24, 2.45) is 22.2 Å². The van der Waals surface area contributed by atoms with Gasteiger partial charge in [0.15, 0.2) is 0 Å². The Balaban J connectivity index is 1.35. The Morgan fingerprint density at radius 1 is 1.20 bits per heavy atom. The molecular weight excluding hydrogens is 310 g/mol. The second-order valence-electron chi connectivity index (χ2n) is 9.79. The van der Waals surface area contributed by atoms with Gasteiger partial charge < -0.3 is 9.72 Å². The van der Waals surface area contributed by atoms with Gasteiger partial charge in [0, 0.05) is 12.4 Å². The topological polar surface area (TPSA) is 46.4 Å². The molecular formula is C21H27N3O. The number of fused-ring (bicyclic) bond motifs is 1. The van der Waals surface area contributed by atoms with Crippen LogP contribution in [0.2, 0.25) is 0 Å². The molecule has 2 aromatic rings. The lowest BCUT2D eigenvalue weighted by Crippen LogP contribution is -2.59. The highest BCUT2D eigenvalue weighted by atomic mass is 16.2. The number of hydrogen-bond acceptors (Lipinski definition) is 2. The van der Waals surface area contributed by atoms with Gasteiger partial charge in [0.2, 0.25) is 5.91 Å². The third-order valence-corrected chi connectivity index (χ3v) is 6.95. The van der Waals surface area contributed by atoms with Gasteiger partial charge >= 0.3 is 0 Å². The van der Waals surface area contributed by atoms with Gasteiger partial charge in [0.05, 0.1) is 17.7 Å². The molecule has 0 aromatic carbocycles. The van der Waals surface area contributed by atoms with E-state index in [1.807, 2.05) is 35.0 Å². The standard InChI is InChI=1S/C21H27N3O/c1-19-7-15-8-20(2,12-19)14-21(9-15,13-19)18(25)22-10-16-11-24-6-4-3-5-17(24)23-16/h3-6,11,15H,7-10,12-14H2,1-2H3,(H,22,25)/t15?,19-,20-,21?/m1/s1. The number of nitrogens with one attached hydrogen (secondary N) is 1. The highest BCUT2D eigenvalue weighted by molar-refractivity contribution is 5.83. The second kappa shape index (κ2) is 4.87. The first-order valence-corrected chi connectivity index (χ1v) is 9.58. The van der Waals surface area contributed by atoms with Gasteiger partial charge in [-0.3, -0.25) is 4.79 Å². The van der Waals surface area contributed by atoms with Crippen LogP contribution in [0.3, 0.4) is 0 Å². The highest BCUT2D eigenvalue weighted by Crippen LogP contribution is 2.69. The maximum atomic E-state index is 13.2. The molecule has 6 rings (SSSR count). The molecule has 0 saturated heterocycles. The zero-order chi connectivity index (χ0) is 17.3. The molecule has 0 radical (unpaired) electrons. The fourth-order valence-corrected chi connectivity index (χ4v) is 7.13. The van der Waals surface area contributed by atoms with E-state index < -0.39 is 0 Å². The summed E-state index contributed by atoms with van der Waals surface area (Å²) in [4.78, 5) is 17.8. The predicted octanol–water partition coefficient (Wildman–Crippen LogP) is 3.95. The monoisotopic (exact) mass is 337 g/mol. The first kappa shape index (κ1) is 15.4. The summed E-state index contributed by atoms with van der Waals surface area (Å²) in [7, 11) is 0. The Morgan fingerprint density at radius 3 is 2.64 bits per heavy atom. The molecule has 2 aromatic heterocycles. The zero-order valence-electron chi connectivity index (χ0n) is 15.2. The lowest BCUT2D eigenvalue weighted by Gasteiger charge is -2.64. The van der Waals surface area contributed by atoms with Gasteiger partial charge in [-0.1, -0.05) is 19.9 Å². The minimum Gasteiger partial charge on any atom is -0.350 e. The molecule has 4 aliphatic carbocycles.